The number of rotatable bonds is 5. The van der Waals surface area contributed by atoms with Gasteiger partial charge in [0, 0.05) is 6.54 Å². The highest BCUT2D eigenvalue weighted by Crippen LogP contribution is 2.22. The highest BCUT2D eigenvalue weighted by atomic mass is 35.5. The Bertz CT molecular complexity index is 347. The number of benzene rings is 1. The van der Waals surface area contributed by atoms with E-state index in [1.54, 1.807) is 12.1 Å². The fourth-order valence-electron chi connectivity index (χ4n) is 1.13. The van der Waals surface area contributed by atoms with Gasteiger partial charge >= 0.3 is 7.12 Å². The summed E-state index contributed by atoms with van der Waals surface area (Å²) in [6.45, 7) is 1.26. The monoisotopic (exact) mass is 243 g/mol. The van der Waals surface area contributed by atoms with E-state index in [2.05, 4.69) is 0 Å². The molecule has 0 aliphatic heterocycles. The first-order chi connectivity index (χ1) is 7.50. The summed E-state index contributed by atoms with van der Waals surface area (Å²) in [5.74, 6) is 0.467. The zero-order valence-corrected chi connectivity index (χ0v) is 10.1. The van der Waals surface area contributed by atoms with Crippen molar-refractivity contribution in [2.24, 2.45) is 0 Å². The Morgan fingerprint density at radius 3 is 2.62 bits per heavy atom. The van der Waals surface area contributed by atoms with Crippen LogP contribution in [0, 0.1) is 0 Å². The van der Waals surface area contributed by atoms with Crippen LogP contribution in [0.25, 0.3) is 0 Å². The predicted molar refractivity (Wildman–Crippen MR) is 65.3 cm³/mol. The molecule has 0 saturated carbocycles. The third-order valence-corrected chi connectivity index (χ3v) is 2.36. The number of nitrogens with zero attached hydrogens (tertiary/aromatic N) is 1. The molecule has 0 fully saturated rings. The van der Waals surface area contributed by atoms with Gasteiger partial charge in [-0.1, -0.05) is 17.7 Å². The van der Waals surface area contributed by atoms with Crippen molar-refractivity contribution in [3.8, 4) is 5.75 Å². The third kappa shape index (κ3) is 4.02. The molecule has 0 saturated heterocycles. The summed E-state index contributed by atoms with van der Waals surface area (Å²) in [5.41, 5.74) is 0.365. The maximum absolute atomic E-state index is 9.00. The van der Waals surface area contributed by atoms with Crippen molar-refractivity contribution in [3.63, 3.8) is 0 Å². The highest BCUT2D eigenvalue weighted by molar-refractivity contribution is 6.58. The van der Waals surface area contributed by atoms with Crippen LogP contribution < -0.4 is 10.2 Å². The molecular weight excluding hydrogens is 228 g/mol. The van der Waals surface area contributed by atoms with Gasteiger partial charge in [-0.05, 0) is 31.7 Å². The smallest absolute Gasteiger partial charge is 0.488 e. The van der Waals surface area contributed by atoms with E-state index in [0.717, 1.165) is 6.54 Å². The second kappa shape index (κ2) is 6.10. The fraction of sp³-hybridized carbons (Fsp3) is 0.400. The fourth-order valence-corrected chi connectivity index (χ4v) is 1.30. The first-order valence-corrected chi connectivity index (χ1v) is 5.31. The number of halogens is 1. The number of likely N-dealkylation sites (N-methyl/N-ethyl adjacent to an activating group) is 1. The zero-order valence-electron chi connectivity index (χ0n) is 9.35. The van der Waals surface area contributed by atoms with Crippen LogP contribution in [0.2, 0.25) is 5.02 Å². The summed E-state index contributed by atoms with van der Waals surface area (Å²) in [7, 11) is 2.38. The van der Waals surface area contributed by atoms with Gasteiger partial charge in [-0.25, -0.2) is 0 Å². The van der Waals surface area contributed by atoms with Gasteiger partial charge in [0.2, 0.25) is 0 Å². The van der Waals surface area contributed by atoms with Gasteiger partial charge in [0.1, 0.15) is 12.4 Å². The van der Waals surface area contributed by atoms with Gasteiger partial charge < -0.3 is 19.7 Å². The molecule has 0 spiro atoms. The minimum absolute atomic E-state index is 0.365. The average molecular weight is 243 g/mol. The lowest BCUT2D eigenvalue weighted by Gasteiger charge is -2.12. The molecule has 0 atom stereocenters. The Morgan fingerprint density at radius 2 is 2.06 bits per heavy atom. The molecule has 6 heteroatoms. The van der Waals surface area contributed by atoms with E-state index >= 15 is 0 Å². The molecule has 0 aromatic heterocycles. The molecule has 88 valence electrons. The maximum Gasteiger partial charge on any atom is 0.488 e. The molecule has 0 radical (unpaired) electrons. The van der Waals surface area contributed by atoms with E-state index < -0.39 is 7.12 Å². The van der Waals surface area contributed by atoms with E-state index in [9.17, 15) is 0 Å². The predicted octanol–water partition coefficient (Wildman–Crippen LogP) is -0.0398. The lowest BCUT2D eigenvalue weighted by molar-refractivity contribution is 0.261. The minimum Gasteiger partial charge on any atom is -0.491 e. The van der Waals surface area contributed by atoms with Crippen molar-refractivity contribution < 1.29 is 14.8 Å². The Kier molecular flexibility index (Phi) is 5.08. The van der Waals surface area contributed by atoms with Crippen molar-refractivity contribution in [1.82, 2.24) is 4.90 Å². The molecule has 16 heavy (non-hydrogen) atoms. The van der Waals surface area contributed by atoms with E-state index in [-0.39, 0.29) is 0 Å². The molecule has 0 unspecified atom stereocenters. The highest BCUT2D eigenvalue weighted by Gasteiger charge is 2.13. The van der Waals surface area contributed by atoms with Gasteiger partial charge in [0.05, 0.1) is 5.02 Å². The normalized spacial score (nSPS) is 10.6. The first-order valence-electron chi connectivity index (χ1n) is 4.94. The Labute approximate surface area is 101 Å². The van der Waals surface area contributed by atoms with Crippen LogP contribution in [0.4, 0.5) is 0 Å². The standard InChI is InChI=1S/C10H15BClNO3/c1-13(2)5-6-16-10-7-8(11(14)15)3-4-9(10)12/h3-4,7,14-15H,5-6H2,1-2H3. The minimum atomic E-state index is -1.51. The van der Waals surface area contributed by atoms with E-state index in [1.165, 1.54) is 6.07 Å². The van der Waals surface area contributed by atoms with Crippen LogP contribution in [-0.2, 0) is 0 Å². The Morgan fingerprint density at radius 1 is 1.38 bits per heavy atom. The second-order valence-corrected chi connectivity index (χ2v) is 4.12. The van der Waals surface area contributed by atoms with Crippen LogP contribution in [0.5, 0.6) is 5.75 Å². The summed E-state index contributed by atoms with van der Waals surface area (Å²) in [6.07, 6.45) is 0. The number of ether oxygens (including phenoxy) is 1. The van der Waals surface area contributed by atoms with Gasteiger partial charge in [-0.2, -0.15) is 0 Å². The van der Waals surface area contributed by atoms with Crippen molar-refractivity contribution in [3.05, 3.63) is 23.2 Å². The Balaban J connectivity index is 2.67. The molecule has 0 amide bonds. The van der Waals surface area contributed by atoms with Gasteiger partial charge in [-0.3, -0.25) is 0 Å². The molecule has 1 rings (SSSR count). The quantitative estimate of drug-likeness (QED) is 0.713. The van der Waals surface area contributed by atoms with Crippen LogP contribution in [0.15, 0.2) is 18.2 Å². The van der Waals surface area contributed by atoms with E-state index in [1.807, 2.05) is 19.0 Å². The van der Waals surface area contributed by atoms with Gasteiger partial charge in [0.25, 0.3) is 0 Å². The molecule has 0 bridgehead atoms. The zero-order chi connectivity index (χ0) is 12.1. The summed E-state index contributed by atoms with van der Waals surface area (Å²) in [6, 6.07) is 4.66. The first kappa shape index (κ1) is 13.3. The summed E-state index contributed by atoms with van der Waals surface area (Å²) in [4.78, 5) is 1.98. The summed E-state index contributed by atoms with van der Waals surface area (Å²) in [5, 5.41) is 18.5. The molecule has 4 nitrogen and oxygen atoms in total. The molecule has 1 aromatic rings. The van der Waals surface area contributed by atoms with Crippen LogP contribution in [0.1, 0.15) is 0 Å². The summed E-state index contributed by atoms with van der Waals surface area (Å²) < 4.78 is 5.44. The topological polar surface area (TPSA) is 52.9 Å². The molecular formula is C10H15BClNO3. The van der Waals surface area contributed by atoms with Gasteiger partial charge in [-0.15, -0.1) is 0 Å². The second-order valence-electron chi connectivity index (χ2n) is 3.72. The van der Waals surface area contributed by atoms with E-state index in [4.69, 9.17) is 26.4 Å². The number of hydrogen-bond donors (Lipinski definition) is 2. The Hall–Kier alpha value is -0.745. The molecule has 1 aromatic carbocycles. The largest absolute Gasteiger partial charge is 0.491 e. The summed E-state index contributed by atoms with van der Waals surface area (Å²) >= 11 is 5.91. The van der Waals surface area contributed by atoms with Crippen molar-refractivity contribution in [1.29, 1.82) is 0 Å². The number of hydrogen-bond acceptors (Lipinski definition) is 4. The van der Waals surface area contributed by atoms with Crippen molar-refractivity contribution in [2.45, 2.75) is 0 Å². The molecule has 2 N–H and O–H groups in total. The lowest BCUT2D eigenvalue weighted by atomic mass is 9.80. The van der Waals surface area contributed by atoms with Crippen molar-refractivity contribution in [2.75, 3.05) is 27.2 Å². The van der Waals surface area contributed by atoms with Crippen LogP contribution in [0.3, 0.4) is 0 Å². The average Bonchev–Trinajstić information content (AvgIpc) is 2.20. The lowest BCUT2D eigenvalue weighted by Crippen LogP contribution is -2.29. The SMILES string of the molecule is CN(C)CCOc1cc(B(O)O)ccc1Cl. The van der Waals surface area contributed by atoms with E-state index in [0.29, 0.717) is 22.8 Å². The van der Waals surface area contributed by atoms with Crippen molar-refractivity contribution >= 4 is 24.2 Å². The van der Waals surface area contributed by atoms with Gasteiger partial charge in [0.15, 0.2) is 0 Å². The molecule has 0 aliphatic rings. The third-order valence-electron chi connectivity index (χ3n) is 2.05. The maximum atomic E-state index is 9.00. The van der Waals surface area contributed by atoms with Crippen LogP contribution >= 0.6 is 11.6 Å². The van der Waals surface area contributed by atoms with Crippen LogP contribution in [-0.4, -0.2) is 49.3 Å². The molecule has 0 heterocycles. The molecule has 0 aliphatic carbocycles.